The fourth-order valence-electron chi connectivity index (χ4n) is 2.85. The molecule has 3 rings (SSSR count). The fraction of sp³-hybridized carbons (Fsp3) is 0.200. The summed E-state index contributed by atoms with van der Waals surface area (Å²) in [7, 11) is 0. The number of aliphatic hydroxyl groups excluding tert-OH is 1. The van der Waals surface area contributed by atoms with E-state index in [9.17, 15) is 23.3 Å². The van der Waals surface area contributed by atoms with Gasteiger partial charge in [-0.1, -0.05) is 18.2 Å². The predicted molar refractivity (Wildman–Crippen MR) is 111 cm³/mol. The van der Waals surface area contributed by atoms with E-state index in [1.807, 2.05) is 0 Å². The molecule has 0 spiro atoms. The number of nitro benzene ring substituents is 1. The van der Waals surface area contributed by atoms with Crippen molar-refractivity contribution in [3.8, 4) is 17.0 Å². The van der Waals surface area contributed by atoms with Gasteiger partial charge < -0.3 is 20.5 Å². The Kier molecular flexibility index (Phi) is 6.73. The lowest BCUT2D eigenvalue weighted by Gasteiger charge is -2.13. The first-order valence-electron chi connectivity index (χ1n) is 9.27. The van der Waals surface area contributed by atoms with Gasteiger partial charge in [0.25, 0.3) is 5.69 Å². The molecule has 1 heterocycles. The van der Waals surface area contributed by atoms with Crippen molar-refractivity contribution in [3.63, 3.8) is 0 Å². The van der Waals surface area contributed by atoms with Crippen LogP contribution >= 0.6 is 0 Å². The molecule has 0 aliphatic rings. The molecule has 0 aliphatic carbocycles. The van der Waals surface area contributed by atoms with Crippen LogP contribution in [0.2, 0.25) is 0 Å². The Morgan fingerprint density at radius 3 is 2.59 bits per heavy atom. The molecule has 0 saturated carbocycles. The minimum atomic E-state index is -4.84. The monoisotopic (exact) mass is 449 g/mol. The molecule has 0 unspecified atom stereocenters. The van der Waals surface area contributed by atoms with Crippen molar-refractivity contribution in [1.29, 1.82) is 0 Å². The van der Waals surface area contributed by atoms with Crippen LogP contribution in [0.25, 0.3) is 11.3 Å². The van der Waals surface area contributed by atoms with Gasteiger partial charge in [0.15, 0.2) is 0 Å². The molecule has 0 saturated heterocycles. The van der Waals surface area contributed by atoms with Crippen LogP contribution in [0, 0.1) is 17.0 Å². The molecule has 9 nitrogen and oxygen atoms in total. The maximum absolute atomic E-state index is 12.6. The van der Waals surface area contributed by atoms with Crippen molar-refractivity contribution in [1.82, 2.24) is 9.97 Å². The minimum absolute atomic E-state index is 0.0834. The summed E-state index contributed by atoms with van der Waals surface area (Å²) in [6.07, 6.45) is -4.84. The molecule has 0 bridgehead atoms. The number of aromatic nitrogens is 2. The fourth-order valence-corrected chi connectivity index (χ4v) is 2.85. The molecule has 0 atom stereocenters. The maximum atomic E-state index is 12.6. The molecule has 12 heteroatoms. The number of hydrogen-bond donors (Lipinski definition) is 3. The van der Waals surface area contributed by atoms with Crippen LogP contribution in [0.1, 0.15) is 5.56 Å². The lowest BCUT2D eigenvalue weighted by molar-refractivity contribution is -0.385. The molecule has 3 aromatic rings. The van der Waals surface area contributed by atoms with E-state index in [1.54, 1.807) is 19.1 Å². The van der Waals surface area contributed by atoms with Gasteiger partial charge in [0, 0.05) is 29.9 Å². The molecular formula is C20H18F3N5O4. The summed E-state index contributed by atoms with van der Waals surface area (Å²) in [4.78, 5) is 19.2. The Hall–Kier alpha value is -3.93. The zero-order valence-electron chi connectivity index (χ0n) is 16.7. The molecule has 3 N–H and O–H groups in total. The number of anilines is 3. The predicted octanol–water partition coefficient (Wildman–Crippen LogP) is 4.41. The lowest BCUT2D eigenvalue weighted by atomic mass is 10.1. The molecular weight excluding hydrogens is 431 g/mol. The van der Waals surface area contributed by atoms with Crippen LogP contribution < -0.4 is 15.4 Å². The summed E-state index contributed by atoms with van der Waals surface area (Å²) in [5, 5.41) is 26.0. The summed E-state index contributed by atoms with van der Waals surface area (Å²) >= 11 is 0. The average Bonchev–Trinajstić information content (AvgIpc) is 2.72. The number of nitrogens with one attached hydrogen (secondary N) is 2. The largest absolute Gasteiger partial charge is 0.573 e. The average molecular weight is 449 g/mol. The van der Waals surface area contributed by atoms with E-state index in [1.165, 1.54) is 30.3 Å². The van der Waals surface area contributed by atoms with E-state index in [2.05, 4.69) is 25.3 Å². The van der Waals surface area contributed by atoms with E-state index in [-0.39, 0.29) is 36.3 Å². The highest BCUT2D eigenvalue weighted by Gasteiger charge is 2.31. The summed E-state index contributed by atoms with van der Waals surface area (Å²) in [5.41, 5.74) is 1.30. The number of halogens is 3. The van der Waals surface area contributed by atoms with Crippen molar-refractivity contribution in [3.05, 3.63) is 64.2 Å². The highest BCUT2D eigenvalue weighted by atomic mass is 19.4. The van der Waals surface area contributed by atoms with E-state index >= 15 is 0 Å². The van der Waals surface area contributed by atoms with Gasteiger partial charge >= 0.3 is 6.36 Å². The minimum Gasteiger partial charge on any atom is -0.406 e. The summed E-state index contributed by atoms with van der Waals surface area (Å²) < 4.78 is 41.7. The molecule has 0 radical (unpaired) electrons. The normalized spacial score (nSPS) is 11.2. The lowest BCUT2D eigenvalue weighted by Crippen LogP contribution is -2.17. The number of hydrogen-bond acceptors (Lipinski definition) is 8. The standard InChI is InChI=1S/C20H18F3N5O4/c1-12-15(6-3-7-17(12)28(30)31)25-18-11-16(26-19(27-18)24-8-9-29)13-4-2-5-14(10-13)32-20(21,22)23/h2-7,10-11,29H,8-9H2,1H3,(H2,24,25,26,27). The Labute approximate surface area is 180 Å². The highest BCUT2D eigenvalue weighted by molar-refractivity contribution is 5.71. The third-order valence-electron chi connectivity index (χ3n) is 4.25. The van der Waals surface area contributed by atoms with Crippen molar-refractivity contribution in [2.24, 2.45) is 0 Å². The quantitative estimate of drug-likeness (QED) is 0.342. The van der Waals surface area contributed by atoms with Crippen molar-refractivity contribution in [2.45, 2.75) is 13.3 Å². The van der Waals surface area contributed by atoms with Crippen LogP contribution in [-0.4, -0.2) is 39.5 Å². The second kappa shape index (κ2) is 9.47. The van der Waals surface area contributed by atoms with Crippen LogP contribution in [0.3, 0.4) is 0 Å². The van der Waals surface area contributed by atoms with Gasteiger partial charge in [0.05, 0.1) is 22.8 Å². The maximum Gasteiger partial charge on any atom is 0.573 e. The zero-order valence-corrected chi connectivity index (χ0v) is 16.7. The summed E-state index contributed by atoms with van der Waals surface area (Å²) in [5.74, 6) is -0.0759. The van der Waals surface area contributed by atoms with Gasteiger partial charge in [-0.05, 0) is 25.1 Å². The zero-order chi connectivity index (χ0) is 23.3. The first-order valence-corrected chi connectivity index (χ1v) is 9.27. The van der Waals surface area contributed by atoms with Gasteiger partial charge in [-0.3, -0.25) is 10.1 Å². The third-order valence-corrected chi connectivity index (χ3v) is 4.25. The van der Waals surface area contributed by atoms with Gasteiger partial charge in [0.1, 0.15) is 11.6 Å². The smallest absolute Gasteiger partial charge is 0.406 e. The molecule has 32 heavy (non-hydrogen) atoms. The third kappa shape index (κ3) is 5.82. The Balaban J connectivity index is 2.00. The van der Waals surface area contributed by atoms with Crippen LogP contribution in [0.15, 0.2) is 48.5 Å². The van der Waals surface area contributed by atoms with Crippen LogP contribution in [0.5, 0.6) is 5.75 Å². The van der Waals surface area contributed by atoms with Gasteiger partial charge in [0.2, 0.25) is 5.95 Å². The molecule has 2 aromatic carbocycles. The SMILES string of the molecule is Cc1c(Nc2cc(-c3cccc(OC(F)(F)F)c3)nc(NCCO)n2)cccc1[N+](=O)[O-]. The second-order valence-electron chi connectivity index (χ2n) is 6.52. The molecule has 0 amide bonds. The number of aliphatic hydroxyl groups is 1. The highest BCUT2D eigenvalue weighted by Crippen LogP contribution is 2.31. The van der Waals surface area contributed by atoms with Gasteiger partial charge in [-0.2, -0.15) is 4.98 Å². The number of rotatable bonds is 8. The number of benzene rings is 2. The van der Waals surface area contributed by atoms with E-state index in [4.69, 9.17) is 5.11 Å². The first-order chi connectivity index (χ1) is 15.2. The Morgan fingerprint density at radius 1 is 1.16 bits per heavy atom. The Morgan fingerprint density at radius 2 is 1.91 bits per heavy atom. The van der Waals surface area contributed by atoms with E-state index < -0.39 is 17.0 Å². The number of nitrogens with zero attached hydrogens (tertiary/aromatic N) is 3. The van der Waals surface area contributed by atoms with Crippen molar-refractivity contribution in [2.75, 3.05) is 23.8 Å². The molecule has 0 fully saturated rings. The number of ether oxygens (including phenoxy) is 1. The summed E-state index contributed by atoms with van der Waals surface area (Å²) in [6.45, 7) is 1.51. The van der Waals surface area contributed by atoms with Crippen LogP contribution in [0.4, 0.5) is 36.3 Å². The second-order valence-corrected chi connectivity index (χ2v) is 6.52. The van der Waals surface area contributed by atoms with Crippen LogP contribution in [-0.2, 0) is 0 Å². The molecule has 168 valence electrons. The van der Waals surface area contributed by atoms with Crippen molar-refractivity contribution < 1.29 is 27.9 Å². The van der Waals surface area contributed by atoms with E-state index in [0.29, 0.717) is 16.8 Å². The molecule has 1 aromatic heterocycles. The number of nitro groups is 1. The van der Waals surface area contributed by atoms with Crippen molar-refractivity contribution >= 4 is 23.1 Å². The topological polar surface area (TPSA) is 122 Å². The van der Waals surface area contributed by atoms with E-state index in [0.717, 1.165) is 6.07 Å². The summed E-state index contributed by atoms with van der Waals surface area (Å²) in [6, 6.07) is 11.3. The first kappa shape index (κ1) is 22.7. The molecule has 0 aliphatic heterocycles. The van der Waals surface area contributed by atoms with Gasteiger partial charge in [-0.15, -0.1) is 13.2 Å². The number of alkyl halides is 3. The van der Waals surface area contributed by atoms with Gasteiger partial charge in [-0.25, -0.2) is 4.98 Å². The Bertz CT molecular complexity index is 1120.